The molecule has 4 rings (SSSR count). The Balaban J connectivity index is 1.50. The number of thiocarbonyl (C=S) groups is 1. The summed E-state index contributed by atoms with van der Waals surface area (Å²) in [5, 5.41) is 16.4. The number of benzene rings is 3. The van der Waals surface area contributed by atoms with Gasteiger partial charge in [0.1, 0.15) is 17.0 Å². The second-order valence-corrected chi connectivity index (χ2v) is 8.54. The molecule has 0 spiro atoms. The van der Waals surface area contributed by atoms with Crippen LogP contribution in [-0.4, -0.2) is 28.2 Å². The maximum absolute atomic E-state index is 12.7. The number of aromatic hydroxyl groups is 1. The number of rotatable bonds is 5. The minimum absolute atomic E-state index is 0.00394. The quantitative estimate of drug-likeness (QED) is 0.272. The lowest BCUT2D eigenvalue weighted by atomic mass is 10.1. The average molecular weight is 516 g/mol. The molecular weight excluding hydrogens is 497 g/mol. The largest absolute Gasteiger partial charge is 0.507 e. The molecule has 0 radical (unpaired) electrons. The van der Waals surface area contributed by atoms with E-state index >= 15 is 0 Å². The van der Waals surface area contributed by atoms with E-state index in [4.69, 9.17) is 44.6 Å². The molecule has 174 valence electrons. The molecule has 0 saturated heterocycles. The number of hydrogen-bond donors (Lipinski definition) is 3. The van der Waals surface area contributed by atoms with Crippen molar-refractivity contribution >= 4 is 63.2 Å². The molecule has 34 heavy (non-hydrogen) atoms. The normalized spacial score (nSPS) is 10.8. The number of fused-ring (bicyclic) bond motifs is 1. The van der Waals surface area contributed by atoms with Gasteiger partial charge in [0, 0.05) is 16.8 Å². The van der Waals surface area contributed by atoms with Crippen molar-refractivity contribution in [3.63, 3.8) is 0 Å². The van der Waals surface area contributed by atoms with E-state index in [-0.39, 0.29) is 32.2 Å². The van der Waals surface area contributed by atoms with Gasteiger partial charge in [-0.3, -0.25) is 10.1 Å². The van der Waals surface area contributed by atoms with Gasteiger partial charge in [0.15, 0.2) is 10.7 Å². The number of nitrogens with zero attached hydrogens (tertiary/aromatic N) is 1. The van der Waals surface area contributed by atoms with E-state index in [0.717, 1.165) is 17.5 Å². The van der Waals surface area contributed by atoms with E-state index in [0.29, 0.717) is 22.7 Å². The van der Waals surface area contributed by atoms with Gasteiger partial charge in [0.05, 0.1) is 23.3 Å². The monoisotopic (exact) mass is 515 g/mol. The number of amides is 1. The summed E-state index contributed by atoms with van der Waals surface area (Å²) in [7, 11) is 1.40. The number of carbonyl (C=O) groups is 1. The number of oxazole rings is 1. The third kappa shape index (κ3) is 4.94. The molecule has 1 aromatic heterocycles. The molecule has 3 aromatic carbocycles. The second kappa shape index (κ2) is 9.89. The Labute approximate surface area is 210 Å². The first kappa shape index (κ1) is 23.8. The van der Waals surface area contributed by atoms with Gasteiger partial charge in [-0.2, -0.15) is 0 Å². The SMILES string of the molecule is CCc1ccc2oc(-c3ccc(NC(=S)NC(=O)c4cc(Cl)cc(Cl)c4OC)cc3O)nc2c1. The third-order valence-electron chi connectivity index (χ3n) is 5.03. The number of aromatic nitrogens is 1. The summed E-state index contributed by atoms with van der Waals surface area (Å²) in [4.78, 5) is 17.1. The van der Waals surface area contributed by atoms with Gasteiger partial charge in [-0.05, 0) is 60.6 Å². The van der Waals surface area contributed by atoms with Gasteiger partial charge >= 0.3 is 0 Å². The van der Waals surface area contributed by atoms with Crippen LogP contribution in [0.5, 0.6) is 11.5 Å². The first-order valence-electron chi connectivity index (χ1n) is 10.2. The molecule has 0 aliphatic rings. The molecule has 7 nitrogen and oxygen atoms in total. The van der Waals surface area contributed by atoms with Crippen LogP contribution in [0.2, 0.25) is 10.0 Å². The summed E-state index contributed by atoms with van der Waals surface area (Å²) in [6.45, 7) is 2.06. The summed E-state index contributed by atoms with van der Waals surface area (Å²) in [5.74, 6) is -0.145. The predicted octanol–water partition coefficient (Wildman–Crippen LogP) is 6.21. The topological polar surface area (TPSA) is 96.6 Å². The highest BCUT2D eigenvalue weighted by Gasteiger charge is 2.18. The lowest BCUT2D eigenvalue weighted by Crippen LogP contribution is -2.34. The number of anilines is 1. The summed E-state index contributed by atoms with van der Waals surface area (Å²) in [6, 6.07) is 13.5. The van der Waals surface area contributed by atoms with Crippen LogP contribution in [0, 0.1) is 0 Å². The van der Waals surface area contributed by atoms with Crippen LogP contribution in [0.1, 0.15) is 22.8 Å². The summed E-state index contributed by atoms with van der Waals surface area (Å²) in [5.41, 5.74) is 3.50. The maximum Gasteiger partial charge on any atom is 0.261 e. The fraction of sp³-hybridized carbons (Fsp3) is 0.125. The predicted molar refractivity (Wildman–Crippen MR) is 137 cm³/mol. The average Bonchev–Trinajstić information content (AvgIpc) is 3.21. The van der Waals surface area contributed by atoms with Gasteiger partial charge < -0.3 is 19.6 Å². The Morgan fingerprint density at radius 2 is 1.97 bits per heavy atom. The molecule has 0 bridgehead atoms. The van der Waals surface area contributed by atoms with Crippen LogP contribution in [0.3, 0.4) is 0 Å². The Morgan fingerprint density at radius 1 is 1.18 bits per heavy atom. The highest BCUT2D eigenvalue weighted by atomic mass is 35.5. The van der Waals surface area contributed by atoms with Crippen molar-refractivity contribution in [1.29, 1.82) is 0 Å². The standard InChI is InChI=1S/C24H19Cl2N3O4S/c1-3-12-4-7-20-18(8-12)28-23(33-20)15-6-5-14(11-19(15)30)27-24(34)29-22(31)16-9-13(25)10-17(26)21(16)32-2/h4-11,30H,3H2,1-2H3,(H2,27,29,31,34). The molecule has 3 N–H and O–H groups in total. The molecule has 1 amide bonds. The molecule has 1 heterocycles. The summed E-state index contributed by atoms with van der Waals surface area (Å²) < 4.78 is 11.0. The molecule has 0 atom stereocenters. The summed E-state index contributed by atoms with van der Waals surface area (Å²) >= 11 is 17.3. The van der Waals surface area contributed by atoms with Gasteiger partial charge in [0.2, 0.25) is 5.89 Å². The molecular formula is C24H19Cl2N3O4S. The van der Waals surface area contributed by atoms with Crippen molar-refractivity contribution in [1.82, 2.24) is 10.3 Å². The van der Waals surface area contributed by atoms with E-state index in [1.54, 1.807) is 12.1 Å². The van der Waals surface area contributed by atoms with Crippen LogP contribution in [0.15, 0.2) is 52.9 Å². The van der Waals surface area contributed by atoms with Crippen molar-refractivity contribution in [2.24, 2.45) is 0 Å². The third-order valence-corrected chi connectivity index (χ3v) is 5.73. The molecule has 0 aliphatic carbocycles. The van der Waals surface area contributed by atoms with Crippen LogP contribution in [-0.2, 0) is 6.42 Å². The number of carbonyl (C=O) groups excluding carboxylic acids is 1. The van der Waals surface area contributed by atoms with Crippen molar-refractivity contribution < 1.29 is 19.1 Å². The Morgan fingerprint density at radius 3 is 2.68 bits per heavy atom. The smallest absolute Gasteiger partial charge is 0.261 e. The minimum atomic E-state index is -0.558. The van der Waals surface area contributed by atoms with E-state index < -0.39 is 5.91 Å². The first-order valence-corrected chi connectivity index (χ1v) is 11.3. The number of aryl methyl sites for hydroxylation is 1. The highest BCUT2D eigenvalue weighted by molar-refractivity contribution is 7.80. The van der Waals surface area contributed by atoms with Crippen LogP contribution < -0.4 is 15.4 Å². The molecule has 0 aliphatic heterocycles. The van der Waals surface area contributed by atoms with Crippen LogP contribution in [0.25, 0.3) is 22.6 Å². The Bertz CT molecular complexity index is 1420. The second-order valence-electron chi connectivity index (χ2n) is 7.28. The Kier molecular flexibility index (Phi) is 6.92. The van der Waals surface area contributed by atoms with Crippen molar-refractivity contribution in [3.8, 4) is 23.0 Å². The number of ether oxygens (including phenoxy) is 1. The van der Waals surface area contributed by atoms with Gasteiger partial charge in [-0.25, -0.2) is 4.98 Å². The zero-order chi connectivity index (χ0) is 24.4. The van der Waals surface area contributed by atoms with Crippen LogP contribution >= 0.6 is 35.4 Å². The van der Waals surface area contributed by atoms with Gasteiger partial charge in [-0.15, -0.1) is 0 Å². The Hall–Kier alpha value is -3.33. The lowest BCUT2D eigenvalue weighted by molar-refractivity contribution is 0.0974. The minimum Gasteiger partial charge on any atom is -0.507 e. The zero-order valence-corrected chi connectivity index (χ0v) is 20.4. The van der Waals surface area contributed by atoms with Crippen LogP contribution in [0.4, 0.5) is 5.69 Å². The zero-order valence-electron chi connectivity index (χ0n) is 18.1. The van der Waals surface area contributed by atoms with E-state index in [1.807, 2.05) is 18.2 Å². The number of nitrogens with one attached hydrogen (secondary N) is 2. The molecule has 0 unspecified atom stereocenters. The molecule has 10 heteroatoms. The molecule has 0 saturated carbocycles. The number of phenols is 1. The molecule has 0 fully saturated rings. The number of halogens is 2. The van der Waals surface area contributed by atoms with E-state index in [1.165, 1.54) is 25.3 Å². The van der Waals surface area contributed by atoms with Crippen molar-refractivity contribution in [3.05, 3.63) is 69.7 Å². The highest BCUT2D eigenvalue weighted by Crippen LogP contribution is 2.34. The number of phenolic OH excluding ortho intramolecular Hbond substituents is 1. The first-order chi connectivity index (χ1) is 16.3. The fourth-order valence-electron chi connectivity index (χ4n) is 3.37. The lowest BCUT2D eigenvalue weighted by Gasteiger charge is -2.13. The number of hydrogen-bond acceptors (Lipinski definition) is 6. The molecule has 4 aromatic rings. The maximum atomic E-state index is 12.7. The fourth-order valence-corrected chi connectivity index (χ4v) is 4.15. The van der Waals surface area contributed by atoms with Gasteiger partial charge in [-0.1, -0.05) is 36.2 Å². The van der Waals surface area contributed by atoms with Gasteiger partial charge in [0.25, 0.3) is 5.91 Å². The van der Waals surface area contributed by atoms with Crippen molar-refractivity contribution in [2.45, 2.75) is 13.3 Å². The van der Waals surface area contributed by atoms with Crippen molar-refractivity contribution in [2.75, 3.05) is 12.4 Å². The van der Waals surface area contributed by atoms with E-state index in [9.17, 15) is 9.90 Å². The number of methoxy groups -OCH3 is 1. The summed E-state index contributed by atoms with van der Waals surface area (Å²) in [6.07, 6.45) is 0.886. The van der Waals surface area contributed by atoms with E-state index in [2.05, 4.69) is 22.5 Å².